The fourth-order valence-electron chi connectivity index (χ4n) is 3.55. The molecule has 6 heteroatoms. The Morgan fingerprint density at radius 3 is 2.76 bits per heavy atom. The van der Waals surface area contributed by atoms with E-state index in [0.29, 0.717) is 24.6 Å². The molecule has 1 aliphatic heterocycles. The minimum absolute atomic E-state index is 0.00244. The van der Waals surface area contributed by atoms with Crippen molar-refractivity contribution in [3.63, 3.8) is 0 Å². The maximum absolute atomic E-state index is 12.4. The van der Waals surface area contributed by atoms with Gasteiger partial charge in [-0.3, -0.25) is 14.6 Å². The molecule has 4 rings (SSSR count). The van der Waals surface area contributed by atoms with E-state index < -0.39 is 0 Å². The lowest BCUT2D eigenvalue weighted by atomic mass is 10.0. The number of carbonyl (C=O) groups excluding carboxylic acids is 2. The second-order valence-electron chi connectivity index (χ2n) is 6.82. The van der Waals surface area contributed by atoms with Crippen molar-refractivity contribution in [3.8, 4) is 0 Å². The average molecular weight is 339 g/mol. The molecule has 0 radical (unpaired) electrons. The van der Waals surface area contributed by atoms with Crippen molar-refractivity contribution in [2.75, 3.05) is 13.1 Å². The van der Waals surface area contributed by atoms with E-state index in [0.717, 1.165) is 24.8 Å². The molecule has 0 spiro atoms. The standard InChI is InChI=1S/C19H21N3O3/c23-18(17-10-16(17)13-2-1-6-20-11-13)21-15-3-7-22(8-4-15)19(24)14-5-9-25-12-14/h1-2,5-6,9,11-12,15-17H,3-4,7-8,10H2,(H,21,23)/t16-,17+/m1/s1. The number of aromatic nitrogens is 1. The Balaban J connectivity index is 1.25. The van der Waals surface area contributed by atoms with Crippen LogP contribution in [0.3, 0.4) is 0 Å². The van der Waals surface area contributed by atoms with Crippen molar-refractivity contribution in [3.05, 3.63) is 54.2 Å². The molecule has 25 heavy (non-hydrogen) atoms. The Morgan fingerprint density at radius 1 is 1.24 bits per heavy atom. The van der Waals surface area contributed by atoms with Gasteiger partial charge in [-0.05, 0) is 42.9 Å². The topological polar surface area (TPSA) is 75.4 Å². The number of amides is 2. The Kier molecular flexibility index (Phi) is 4.26. The van der Waals surface area contributed by atoms with Gasteiger partial charge in [0, 0.05) is 37.4 Å². The van der Waals surface area contributed by atoms with Crippen molar-refractivity contribution in [2.24, 2.45) is 5.92 Å². The maximum atomic E-state index is 12.4. The second-order valence-corrected chi connectivity index (χ2v) is 6.82. The van der Waals surface area contributed by atoms with Gasteiger partial charge in [0.1, 0.15) is 6.26 Å². The molecule has 1 saturated heterocycles. The van der Waals surface area contributed by atoms with Crippen LogP contribution < -0.4 is 5.32 Å². The molecular formula is C19H21N3O3. The summed E-state index contributed by atoms with van der Waals surface area (Å²) < 4.78 is 4.97. The van der Waals surface area contributed by atoms with E-state index in [1.807, 2.05) is 23.2 Å². The third-order valence-corrected chi connectivity index (χ3v) is 5.14. The maximum Gasteiger partial charge on any atom is 0.257 e. The van der Waals surface area contributed by atoms with Gasteiger partial charge >= 0.3 is 0 Å². The van der Waals surface area contributed by atoms with E-state index in [1.165, 1.54) is 12.5 Å². The largest absolute Gasteiger partial charge is 0.472 e. The van der Waals surface area contributed by atoms with E-state index >= 15 is 0 Å². The predicted octanol–water partition coefficient (Wildman–Crippen LogP) is 2.20. The van der Waals surface area contributed by atoms with Crippen LogP contribution in [0.1, 0.15) is 41.1 Å². The molecule has 2 aliphatic rings. The van der Waals surface area contributed by atoms with E-state index in [-0.39, 0.29) is 23.8 Å². The highest BCUT2D eigenvalue weighted by atomic mass is 16.3. The van der Waals surface area contributed by atoms with Crippen molar-refractivity contribution in [2.45, 2.75) is 31.2 Å². The SMILES string of the molecule is O=C(NC1CCN(C(=O)c2ccoc2)CC1)[C@H]1C[C@@H]1c1cccnc1. The Labute approximate surface area is 146 Å². The Bertz CT molecular complexity index is 737. The second kappa shape index (κ2) is 6.70. The van der Waals surface area contributed by atoms with Gasteiger partial charge in [-0.1, -0.05) is 6.07 Å². The van der Waals surface area contributed by atoms with Gasteiger partial charge in [-0.2, -0.15) is 0 Å². The number of carbonyl (C=O) groups is 2. The quantitative estimate of drug-likeness (QED) is 0.926. The Morgan fingerprint density at radius 2 is 2.08 bits per heavy atom. The molecule has 2 fully saturated rings. The normalized spacial score (nSPS) is 23.3. The van der Waals surface area contributed by atoms with Crippen LogP contribution in [0.5, 0.6) is 0 Å². The van der Waals surface area contributed by atoms with Crippen LogP contribution in [0.2, 0.25) is 0 Å². The minimum atomic E-state index is -0.00244. The fraction of sp³-hybridized carbons (Fsp3) is 0.421. The monoisotopic (exact) mass is 339 g/mol. The van der Waals surface area contributed by atoms with Crippen LogP contribution in [-0.4, -0.2) is 40.8 Å². The fourth-order valence-corrected chi connectivity index (χ4v) is 3.55. The molecule has 2 atom stereocenters. The molecule has 1 aliphatic carbocycles. The minimum Gasteiger partial charge on any atom is -0.472 e. The highest BCUT2D eigenvalue weighted by Crippen LogP contribution is 2.47. The van der Waals surface area contributed by atoms with E-state index in [2.05, 4.69) is 10.3 Å². The molecule has 130 valence electrons. The number of nitrogens with zero attached hydrogens (tertiary/aromatic N) is 2. The zero-order chi connectivity index (χ0) is 17.2. The molecule has 6 nitrogen and oxygen atoms in total. The van der Waals surface area contributed by atoms with Gasteiger partial charge < -0.3 is 14.6 Å². The number of rotatable bonds is 4. The lowest BCUT2D eigenvalue weighted by Crippen LogP contribution is -2.47. The highest BCUT2D eigenvalue weighted by molar-refractivity contribution is 5.93. The molecule has 1 saturated carbocycles. The van der Waals surface area contributed by atoms with E-state index in [9.17, 15) is 9.59 Å². The van der Waals surface area contributed by atoms with Gasteiger partial charge in [-0.25, -0.2) is 0 Å². The van der Waals surface area contributed by atoms with Crippen molar-refractivity contribution >= 4 is 11.8 Å². The Hall–Kier alpha value is -2.63. The number of pyridine rings is 1. The highest BCUT2D eigenvalue weighted by Gasteiger charge is 2.44. The summed E-state index contributed by atoms with van der Waals surface area (Å²) in [5.74, 6) is 0.497. The summed E-state index contributed by atoms with van der Waals surface area (Å²) in [6, 6.07) is 5.78. The van der Waals surface area contributed by atoms with Crippen LogP contribution >= 0.6 is 0 Å². The zero-order valence-corrected chi connectivity index (χ0v) is 13.9. The summed E-state index contributed by atoms with van der Waals surface area (Å²) in [5, 5.41) is 3.16. The molecule has 0 aromatic carbocycles. The first kappa shape index (κ1) is 15.9. The molecule has 1 N–H and O–H groups in total. The summed E-state index contributed by atoms with van der Waals surface area (Å²) in [7, 11) is 0. The van der Waals surface area contributed by atoms with Crippen molar-refractivity contribution in [1.29, 1.82) is 0 Å². The molecular weight excluding hydrogens is 318 g/mol. The van der Waals surface area contributed by atoms with E-state index in [1.54, 1.807) is 12.3 Å². The summed E-state index contributed by atoms with van der Waals surface area (Å²) in [5.41, 5.74) is 1.72. The van der Waals surface area contributed by atoms with Gasteiger partial charge in [0.05, 0.1) is 11.8 Å². The molecule has 2 aromatic rings. The van der Waals surface area contributed by atoms with Gasteiger partial charge in [0.15, 0.2) is 0 Å². The predicted molar refractivity (Wildman–Crippen MR) is 90.9 cm³/mol. The van der Waals surface area contributed by atoms with Crippen molar-refractivity contribution in [1.82, 2.24) is 15.2 Å². The van der Waals surface area contributed by atoms with Crippen LogP contribution in [-0.2, 0) is 4.79 Å². The molecule has 2 aromatic heterocycles. The van der Waals surface area contributed by atoms with Crippen LogP contribution in [0, 0.1) is 5.92 Å². The molecule has 2 amide bonds. The lowest BCUT2D eigenvalue weighted by Gasteiger charge is -2.32. The number of piperidine rings is 1. The number of nitrogens with one attached hydrogen (secondary N) is 1. The van der Waals surface area contributed by atoms with Crippen LogP contribution in [0.15, 0.2) is 47.5 Å². The van der Waals surface area contributed by atoms with Gasteiger partial charge in [-0.15, -0.1) is 0 Å². The summed E-state index contributed by atoms with van der Waals surface area (Å²) in [4.78, 5) is 30.7. The first-order chi connectivity index (χ1) is 12.2. The van der Waals surface area contributed by atoms with Crippen LogP contribution in [0.25, 0.3) is 0 Å². The van der Waals surface area contributed by atoms with E-state index in [4.69, 9.17) is 4.42 Å². The number of likely N-dealkylation sites (tertiary alicyclic amines) is 1. The van der Waals surface area contributed by atoms with Crippen LogP contribution in [0.4, 0.5) is 0 Å². The smallest absolute Gasteiger partial charge is 0.257 e. The third kappa shape index (κ3) is 3.43. The lowest BCUT2D eigenvalue weighted by molar-refractivity contribution is -0.123. The zero-order valence-electron chi connectivity index (χ0n) is 13.9. The molecule has 0 unspecified atom stereocenters. The number of hydrogen-bond donors (Lipinski definition) is 1. The van der Waals surface area contributed by atoms with Gasteiger partial charge in [0.25, 0.3) is 5.91 Å². The summed E-state index contributed by atoms with van der Waals surface area (Å²) in [6.45, 7) is 1.32. The van der Waals surface area contributed by atoms with Gasteiger partial charge in [0.2, 0.25) is 5.91 Å². The summed E-state index contributed by atoms with van der Waals surface area (Å²) in [6.07, 6.45) is 9.06. The first-order valence-corrected chi connectivity index (χ1v) is 8.74. The third-order valence-electron chi connectivity index (χ3n) is 5.14. The number of hydrogen-bond acceptors (Lipinski definition) is 4. The first-order valence-electron chi connectivity index (χ1n) is 8.74. The number of furan rings is 1. The summed E-state index contributed by atoms with van der Waals surface area (Å²) >= 11 is 0. The molecule has 3 heterocycles. The average Bonchev–Trinajstić information content (AvgIpc) is 3.28. The van der Waals surface area contributed by atoms with Crippen molar-refractivity contribution < 1.29 is 14.0 Å². The molecule has 0 bridgehead atoms.